The minimum atomic E-state index is 0.331. The highest BCUT2D eigenvalue weighted by Gasteiger charge is 1.97. The number of hydrogen-bond donors (Lipinski definition) is 2. The molecule has 0 atom stereocenters. The number of hydrogen-bond acceptors (Lipinski definition) is 2. The molecule has 0 fully saturated rings. The number of nitrogens with two attached hydrogens (primary N) is 1. The Balaban J connectivity index is 3.67. The van der Waals surface area contributed by atoms with Crippen LogP contribution in [0.1, 0.15) is 46.5 Å². The zero-order valence-electron chi connectivity index (χ0n) is 8.43. The van der Waals surface area contributed by atoms with E-state index in [1.165, 1.54) is 19.3 Å². The summed E-state index contributed by atoms with van der Waals surface area (Å²) in [5, 5.41) is 0. The van der Waals surface area contributed by atoms with Crippen LogP contribution in [0.3, 0.4) is 0 Å². The maximum atomic E-state index is 5.32. The summed E-state index contributed by atoms with van der Waals surface area (Å²) in [7, 11) is 0. The van der Waals surface area contributed by atoms with E-state index in [0.29, 0.717) is 6.04 Å². The van der Waals surface area contributed by atoms with Crippen molar-refractivity contribution in [1.29, 1.82) is 0 Å². The van der Waals surface area contributed by atoms with Crippen LogP contribution in [0.2, 0.25) is 0 Å². The van der Waals surface area contributed by atoms with Crippen molar-refractivity contribution in [3.63, 3.8) is 0 Å². The molecule has 72 valence electrons. The quantitative estimate of drug-likeness (QED) is 0.218. The van der Waals surface area contributed by atoms with Crippen LogP contribution in [0.5, 0.6) is 0 Å². The Kier molecular flexibility index (Phi) is 6.76. The van der Waals surface area contributed by atoms with E-state index in [0.717, 1.165) is 12.3 Å². The lowest BCUT2D eigenvalue weighted by Crippen LogP contribution is -2.31. The highest BCUT2D eigenvalue weighted by molar-refractivity contribution is 5.81. The van der Waals surface area contributed by atoms with E-state index in [2.05, 4.69) is 31.2 Å². The van der Waals surface area contributed by atoms with Gasteiger partial charge in [0.2, 0.25) is 0 Å². The molecular formula is C9H21N3. The molecule has 0 aliphatic heterocycles. The largest absolute Gasteiger partial charge is 0.312 e. The molecule has 0 unspecified atom stereocenters. The minimum absolute atomic E-state index is 0.331. The molecule has 0 saturated carbocycles. The third kappa shape index (κ3) is 6.16. The van der Waals surface area contributed by atoms with Gasteiger partial charge in [0.15, 0.2) is 0 Å². The van der Waals surface area contributed by atoms with Crippen molar-refractivity contribution < 1.29 is 0 Å². The van der Waals surface area contributed by atoms with Crippen molar-refractivity contribution in [1.82, 2.24) is 5.43 Å². The Morgan fingerprint density at radius 2 is 2.08 bits per heavy atom. The van der Waals surface area contributed by atoms with Crippen LogP contribution in [0.15, 0.2) is 4.99 Å². The lowest BCUT2D eigenvalue weighted by Gasteiger charge is -2.06. The van der Waals surface area contributed by atoms with Crippen LogP contribution in [0, 0.1) is 0 Å². The van der Waals surface area contributed by atoms with Crippen LogP contribution in [0.4, 0.5) is 0 Å². The van der Waals surface area contributed by atoms with Gasteiger partial charge in [-0.2, -0.15) is 0 Å². The number of hydrazine groups is 1. The second-order valence-corrected chi connectivity index (χ2v) is 3.27. The fourth-order valence-corrected chi connectivity index (χ4v) is 1.03. The maximum Gasteiger partial charge on any atom is 0.111 e. The average molecular weight is 171 g/mol. The Bertz CT molecular complexity index is 130. The van der Waals surface area contributed by atoms with Gasteiger partial charge in [0, 0.05) is 12.5 Å². The van der Waals surface area contributed by atoms with Crippen LogP contribution in [-0.4, -0.2) is 11.9 Å². The summed E-state index contributed by atoms with van der Waals surface area (Å²) in [6.45, 7) is 6.30. The molecule has 0 radical (unpaired) electrons. The summed E-state index contributed by atoms with van der Waals surface area (Å²) in [6.07, 6.45) is 4.63. The van der Waals surface area contributed by atoms with Crippen LogP contribution >= 0.6 is 0 Å². The van der Waals surface area contributed by atoms with Gasteiger partial charge in [0.05, 0.1) is 0 Å². The Morgan fingerprint density at radius 3 is 2.50 bits per heavy atom. The number of nitrogens with one attached hydrogen (secondary N) is 1. The van der Waals surface area contributed by atoms with Crippen molar-refractivity contribution in [2.45, 2.75) is 52.5 Å². The molecule has 0 saturated heterocycles. The number of unbranched alkanes of at least 4 members (excludes halogenated alkanes) is 2. The van der Waals surface area contributed by atoms with Crippen LogP contribution in [-0.2, 0) is 0 Å². The second-order valence-electron chi connectivity index (χ2n) is 3.27. The first-order valence-electron chi connectivity index (χ1n) is 4.74. The van der Waals surface area contributed by atoms with E-state index < -0.39 is 0 Å². The van der Waals surface area contributed by atoms with Gasteiger partial charge in [0.25, 0.3) is 0 Å². The molecule has 0 bridgehead atoms. The molecule has 0 amide bonds. The molecule has 0 heterocycles. The molecule has 12 heavy (non-hydrogen) atoms. The maximum absolute atomic E-state index is 5.32. The van der Waals surface area contributed by atoms with Crippen molar-refractivity contribution in [2.75, 3.05) is 0 Å². The zero-order valence-corrected chi connectivity index (χ0v) is 8.43. The fourth-order valence-electron chi connectivity index (χ4n) is 1.03. The fraction of sp³-hybridized carbons (Fsp3) is 0.889. The van der Waals surface area contributed by atoms with E-state index >= 15 is 0 Å². The third-order valence-corrected chi connectivity index (χ3v) is 1.60. The average Bonchev–Trinajstić information content (AvgIpc) is 2.02. The second kappa shape index (κ2) is 7.10. The first-order chi connectivity index (χ1) is 5.70. The molecule has 0 aromatic heterocycles. The van der Waals surface area contributed by atoms with Crippen LogP contribution in [0.25, 0.3) is 0 Å². The van der Waals surface area contributed by atoms with Gasteiger partial charge in [-0.3, -0.25) is 4.99 Å². The summed E-state index contributed by atoms with van der Waals surface area (Å²) >= 11 is 0. The van der Waals surface area contributed by atoms with E-state index in [9.17, 15) is 0 Å². The smallest absolute Gasteiger partial charge is 0.111 e. The van der Waals surface area contributed by atoms with E-state index in [1.54, 1.807) is 0 Å². The van der Waals surface area contributed by atoms with Gasteiger partial charge in [-0.1, -0.05) is 19.8 Å². The molecular weight excluding hydrogens is 150 g/mol. The Hall–Kier alpha value is -0.570. The minimum Gasteiger partial charge on any atom is -0.312 e. The molecule has 3 heteroatoms. The molecule has 3 N–H and O–H groups in total. The van der Waals surface area contributed by atoms with Crippen molar-refractivity contribution in [3.05, 3.63) is 0 Å². The highest BCUT2D eigenvalue weighted by Crippen LogP contribution is 2.00. The number of amidine groups is 1. The summed E-state index contributed by atoms with van der Waals surface area (Å²) in [5.74, 6) is 6.25. The monoisotopic (exact) mass is 171 g/mol. The van der Waals surface area contributed by atoms with Gasteiger partial charge < -0.3 is 5.43 Å². The molecule has 0 aromatic carbocycles. The predicted octanol–water partition coefficient (Wildman–Crippen LogP) is 1.84. The molecule has 0 aromatic rings. The molecule has 0 spiro atoms. The van der Waals surface area contributed by atoms with Gasteiger partial charge in [-0.05, 0) is 20.3 Å². The summed E-state index contributed by atoms with van der Waals surface area (Å²) in [5.41, 5.74) is 2.64. The summed E-state index contributed by atoms with van der Waals surface area (Å²) in [6, 6.07) is 0.331. The lowest BCUT2D eigenvalue weighted by atomic mass is 10.2. The first-order valence-corrected chi connectivity index (χ1v) is 4.74. The van der Waals surface area contributed by atoms with Crippen molar-refractivity contribution >= 4 is 5.84 Å². The number of rotatable bonds is 5. The number of aliphatic imine (C=N–C) groups is 1. The van der Waals surface area contributed by atoms with Gasteiger partial charge >= 0.3 is 0 Å². The van der Waals surface area contributed by atoms with Gasteiger partial charge in [-0.25, -0.2) is 5.84 Å². The Labute approximate surface area is 75.4 Å². The SMILES string of the molecule is CCCCCC(=NC(C)C)NN. The topological polar surface area (TPSA) is 50.4 Å². The van der Waals surface area contributed by atoms with Gasteiger partial charge in [0.1, 0.15) is 5.84 Å². The van der Waals surface area contributed by atoms with Crippen molar-refractivity contribution in [2.24, 2.45) is 10.8 Å². The summed E-state index contributed by atoms with van der Waals surface area (Å²) < 4.78 is 0. The zero-order chi connectivity index (χ0) is 9.40. The molecule has 3 nitrogen and oxygen atoms in total. The third-order valence-electron chi connectivity index (χ3n) is 1.60. The van der Waals surface area contributed by atoms with E-state index in [-0.39, 0.29) is 0 Å². The Morgan fingerprint density at radius 1 is 1.42 bits per heavy atom. The lowest BCUT2D eigenvalue weighted by molar-refractivity contribution is 0.719. The molecule has 0 aliphatic carbocycles. The standard InChI is InChI=1S/C9H21N3/c1-4-5-6-7-9(12-10)11-8(2)3/h8H,4-7,10H2,1-3H3,(H,11,12). The molecule has 0 rings (SSSR count). The van der Waals surface area contributed by atoms with E-state index in [4.69, 9.17) is 5.84 Å². The normalized spacial score (nSPS) is 12.2. The molecule has 0 aliphatic rings. The predicted molar refractivity (Wildman–Crippen MR) is 54.0 cm³/mol. The first kappa shape index (κ1) is 11.4. The number of nitrogens with zero attached hydrogens (tertiary/aromatic N) is 1. The van der Waals surface area contributed by atoms with Crippen molar-refractivity contribution in [3.8, 4) is 0 Å². The van der Waals surface area contributed by atoms with Gasteiger partial charge in [-0.15, -0.1) is 0 Å². The highest BCUT2D eigenvalue weighted by atomic mass is 15.2. The van der Waals surface area contributed by atoms with E-state index in [1.807, 2.05) is 0 Å². The summed E-state index contributed by atoms with van der Waals surface area (Å²) in [4.78, 5) is 4.35. The van der Waals surface area contributed by atoms with Crippen LogP contribution < -0.4 is 11.3 Å².